The Morgan fingerprint density at radius 2 is 0.826 bits per heavy atom. The summed E-state index contributed by atoms with van der Waals surface area (Å²) in [5, 5.41) is 8.82. The zero-order chi connectivity index (χ0) is 15.4. The van der Waals surface area contributed by atoms with Gasteiger partial charge >= 0.3 is 0 Å². The second-order valence-electron chi connectivity index (χ2n) is 5.91. The van der Waals surface area contributed by atoms with Crippen molar-refractivity contribution in [2.24, 2.45) is 0 Å². The first-order valence-corrected chi connectivity index (χ1v) is 7.75. The van der Waals surface area contributed by atoms with Crippen LogP contribution < -0.4 is 0 Å². The number of hydrogen-bond donors (Lipinski definition) is 0. The maximum absolute atomic E-state index is 14.2. The lowest BCUT2D eigenvalue weighted by atomic mass is 9.91. The van der Waals surface area contributed by atoms with E-state index in [4.69, 9.17) is 0 Å². The lowest BCUT2D eigenvalue weighted by molar-refractivity contribution is 0.640. The number of fused-ring (bicyclic) bond motifs is 8. The first-order chi connectivity index (χ1) is 11.3. The van der Waals surface area contributed by atoms with E-state index in [1.807, 2.05) is 12.1 Å². The molecule has 0 amide bonds. The standard InChI is InChI=1S/C22H13F/c23-21-11-5-10-19-17(21)12-13-20-16-8-2-1-6-14(16)15-7-3-4-9-18(15)22(19)20/h1-13H. The first-order valence-electron chi connectivity index (χ1n) is 7.75. The SMILES string of the molecule is Fc1cccc2c1ccc1c3ccccc3c3ccccc3c21. The fraction of sp³-hybridized carbons (Fsp3) is 0. The number of hydrogen-bond acceptors (Lipinski definition) is 0. The maximum atomic E-state index is 14.2. The first kappa shape index (κ1) is 12.6. The highest BCUT2D eigenvalue weighted by atomic mass is 19.1. The molecule has 5 rings (SSSR count). The normalized spacial score (nSPS) is 11.7. The van der Waals surface area contributed by atoms with Crippen LogP contribution >= 0.6 is 0 Å². The van der Waals surface area contributed by atoms with Crippen LogP contribution in [0.4, 0.5) is 4.39 Å². The van der Waals surface area contributed by atoms with Crippen LogP contribution in [0, 0.1) is 5.82 Å². The lowest BCUT2D eigenvalue weighted by Gasteiger charge is -2.12. The highest BCUT2D eigenvalue weighted by molar-refractivity contribution is 6.31. The van der Waals surface area contributed by atoms with Crippen molar-refractivity contribution >= 4 is 43.1 Å². The molecule has 0 fully saturated rings. The van der Waals surface area contributed by atoms with Gasteiger partial charge in [-0.25, -0.2) is 4.39 Å². The van der Waals surface area contributed by atoms with E-state index in [-0.39, 0.29) is 5.82 Å². The third-order valence-corrected chi connectivity index (χ3v) is 4.71. The summed E-state index contributed by atoms with van der Waals surface area (Å²) in [6, 6.07) is 26.1. The van der Waals surface area contributed by atoms with Crippen molar-refractivity contribution in [2.75, 3.05) is 0 Å². The van der Waals surface area contributed by atoms with Crippen molar-refractivity contribution in [3.05, 3.63) is 84.7 Å². The van der Waals surface area contributed by atoms with Gasteiger partial charge in [0, 0.05) is 5.39 Å². The Labute approximate surface area is 132 Å². The number of rotatable bonds is 0. The molecule has 1 heteroatoms. The minimum absolute atomic E-state index is 0.165. The molecular formula is C22H13F. The van der Waals surface area contributed by atoms with Gasteiger partial charge in [-0.3, -0.25) is 0 Å². The van der Waals surface area contributed by atoms with Gasteiger partial charge < -0.3 is 0 Å². The summed E-state index contributed by atoms with van der Waals surface area (Å²) in [5.74, 6) is -0.165. The van der Waals surface area contributed by atoms with E-state index in [2.05, 4.69) is 54.6 Å². The van der Waals surface area contributed by atoms with Crippen molar-refractivity contribution in [2.45, 2.75) is 0 Å². The van der Waals surface area contributed by atoms with Gasteiger partial charge in [-0.15, -0.1) is 0 Å². The van der Waals surface area contributed by atoms with E-state index < -0.39 is 0 Å². The van der Waals surface area contributed by atoms with E-state index in [1.54, 1.807) is 6.07 Å². The summed E-state index contributed by atoms with van der Waals surface area (Å²) in [7, 11) is 0. The zero-order valence-electron chi connectivity index (χ0n) is 12.4. The minimum atomic E-state index is -0.165. The van der Waals surface area contributed by atoms with E-state index in [9.17, 15) is 4.39 Å². The average molecular weight is 296 g/mol. The molecule has 0 N–H and O–H groups in total. The Kier molecular flexibility index (Phi) is 2.48. The van der Waals surface area contributed by atoms with Crippen molar-refractivity contribution in [3.8, 4) is 0 Å². The molecule has 0 aliphatic rings. The predicted molar refractivity (Wildman–Crippen MR) is 96.4 cm³/mol. The fourth-order valence-corrected chi connectivity index (χ4v) is 3.72. The second kappa shape index (κ2) is 4.53. The van der Waals surface area contributed by atoms with Gasteiger partial charge in [-0.05, 0) is 43.8 Å². The Morgan fingerprint density at radius 3 is 1.52 bits per heavy atom. The monoisotopic (exact) mass is 296 g/mol. The van der Waals surface area contributed by atoms with Crippen molar-refractivity contribution < 1.29 is 4.39 Å². The third-order valence-electron chi connectivity index (χ3n) is 4.71. The lowest BCUT2D eigenvalue weighted by Crippen LogP contribution is -1.86. The van der Waals surface area contributed by atoms with Crippen LogP contribution in [-0.4, -0.2) is 0 Å². The van der Waals surface area contributed by atoms with Gasteiger partial charge in [0.2, 0.25) is 0 Å². The molecule has 0 atom stereocenters. The minimum Gasteiger partial charge on any atom is -0.206 e. The maximum Gasteiger partial charge on any atom is 0.131 e. The van der Waals surface area contributed by atoms with E-state index in [0.717, 1.165) is 10.8 Å². The molecule has 5 aromatic rings. The van der Waals surface area contributed by atoms with E-state index in [0.29, 0.717) is 5.39 Å². The molecule has 0 spiro atoms. The van der Waals surface area contributed by atoms with Crippen LogP contribution in [-0.2, 0) is 0 Å². The second-order valence-corrected chi connectivity index (χ2v) is 5.91. The topological polar surface area (TPSA) is 0 Å². The molecular weight excluding hydrogens is 283 g/mol. The zero-order valence-corrected chi connectivity index (χ0v) is 12.4. The average Bonchev–Trinajstić information content (AvgIpc) is 2.62. The molecule has 0 aliphatic heterocycles. The van der Waals surface area contributed by atoms with Crippen LogP contribution in [0.25, 0.3) is 43.1 Å². The summed E-state index contributed by atoms with van der Waals surface area (Å²) in [5.41, 5.74) is 0. The van der Waals surface area contributed by atoms with Crippen molar-refractivity contribution in [1.82, 2.24) is 0 Å². The number of benzene rings is 5. The van der Waals surface area contributed by atoms with Gasteiger partial charge in [0.25, 0.3) is 0 Å². The van der Waals surface area contributed by atoms with Crippen molar-refractivity contribution in [3.63, 3.8) is 0 Å². The molecule has 0 saturated heterocycles. The van der Waals surface area contributed by atoms with Gasteiger partial charge in [-0.2, -0.15) is 0 Å². The smallest absolute Gasteiger partial charge is 0.131 e. The molecule has 0 aliphatic carbocycles. The highest BCUT2D eigenvalue weighted by Gasteiger charge is 2.11. The largest absolute Gasteiger partial charge is 0.206 e. The molecule has 0 aromatic heterocycles. The van der Waals surface area contributed by atoms with Gasteiger partial charge in [0.15, 0.2) is 0 Å². The third kappa shape index (κ3) is 1.65. The Bertz CT molecular complexity index is 1180. The summed E-state index contributed by atoms with van der Waals surface area (Å²) < 4.78 is 14.2. The summed E-state index contributed by atoms with van der Waals surface area (Å²) >= 11 is 0. The highest BCUT2D eigenvalue weighted by Crippen LogP contribution is 2.38. The molecule has 23 heavy (non-hydrogen) atoms. The summed E-state index contributed by atoms with van der Waals surface area (Å²) in [6.07, 6.45) is 0. The van der Waals surface area contributed by atoms with Crippen molar-refractivity contribution in [1.29, 1.82) is 0 Å². The quantitative estimate of drug-likeness (QED) is 0.288. The van der Waals surface area contributed by atoms with Crippen LogP contribution in [0.1, 0.15) is 0 Å². The summed E-state index contributed by atoms with van der Waals surface area (Å²) in [6.45, 7) is 0. The fourth-order valence-electron chi connectivity index (χ4n) is 3.72. The van der Waals surface area contributed by atoms with Crippen LogP contribution in [0.2, 0.25) is 0 Å². The molecule has 0 radical (unpaired) electrons. The Balaban J connectivity index is 2.22. The molecule has 0 unspecified atom stereocenters. The Morgan fingerprint density at radius 1 is 0.391 bits per heavy atom. The number of halogens is 1. The van der Waals surface area contributed by atoms with Crippen LogP contribution in [0.3, 0.4) is 0 Å². The molecule has 0 heterocycles. The Hall–Kier alpha value is -2.93. The van der Waals surface area contributed by atoms with Gasteiger partial charge in [0.1, 0.15) is 5.82 Å². The molecule has 0 bridgehead atoms. The molecule has 0 nitrogen and oxygen atoms in total. The predicted octanol–water partition coefficient (Wildman–Crippen LogP) is 6.44. The van der Waals surface area contributed by atoms with Crippen LogP contribution in [0.5, 0.6) is 0 Å². The summed E-state index contributed by atoms with van der Waals surface area (Å²) in [4.78, 5) is 0. The van der Waals surface area contributed by atoms with E-state index >= 15 is 0 Å². The van der Waals surface area contributed by atoms with Gasteiger partial charge in [0.05, 0.1) is 0 Å². The van der Waals surface area contributed by atoms with E-state index in [1.165, 1.54) is 33.0 Å². The van der Waals surface area contributed by atoms with Gasteiger partial charge in [-0.1, -0.05) is 72.8 Å². The van der Waals surface area contributed by atoms with Crippen LogP contribution in [0.15, 0.2) is 78.9 Å². The molecule has 0 saturated carbocycles. The molecule has 108 valence electrons. The molecule has 5 aromatic carbocycles.